The van der Waals surface area contributed by atoms with Crippen LogP contribution in [0, 0.1) is 5.92 Å². The van der Waals surface area contributed by atoms with Crippen LogP contribution in [-0.4, -0.2) is 22.7 Å². The molecule has 2 aromatic rings. The van der Waals surface area contributed by atoms with Gasteiger partial charge in [0.2, 0.25) is 11.7 Å². The second kappa shape index (κ2) is 7.59. The number of aromatic amines is 1. The molecule has 1 amide bonds. The van der Waals surface area contributed by atoms with Crippen LogP contribution in [0.15, 0.2) is 48.7 Å². The standard InChI is InChI=1S/C18H22N2O2/c1-13(2)17(18(22)15-9-6-12-19-15)20-16(21)11-10-14-7-4-3-5-8-14/h3-9,12-13,17,19H,10-11H2,1-2H3,(H,20,21)/t17-/m0/s1. The summed E-state index contributed by atoms with van der Waals surface area (Å²) in [6, 6.07) is 12.9. The smallest absolute Gasteiger partial charge is 0.220 e. The lowest BCUT2D eigenvalue weighted by molar-refractivity contribution is -0.121. The fourth-order valence-corrected chi connectivity index (χ4v) is 2.33. The Morgan fingerprint density at radius 3 is 2.41 bits per heavy atom. The van der Waals surface area contributed by atoms with Crippen molar-refractivity contribution >= 4 is 11.7 Å². The van der Waals surface area contributed by atoms with E-state index >= 15 is 0 Å². The Hall–Kier alpha value is -2.36. The monoisotopic (exact) mass is 298 g/mol. The molecule has 1 aromatic heterocycles. The van der Waals surface area contributed by atoms with Gasteiger partial charge in [-0.2, -0.15) is 0 Å². The number of benzene rings is 1. The van der Waals surface area contributed by atoms with Crippen molar-refractivity contribution in [2.75, 3.05) is 0 Å². The van der Waals surface area contributed by atoms with Crippen LogP contribution < -0.4 is 5.32 Å². The molecule has 22 heavy (non-hydrogen) atoms. The maximum absolute atomic E-state index is 12.4. The highest BCUT2D eigenvalue weighted by Gasteiger charge is 2.25. The summed E-state index contributed by atoms with van der Waals surface area (Å²) in [5.74, 6) is -0.132. The summed E-state index contributed by atoms with van der Waals surface area (Å²) in [4.78, 5) is 27.4. The normalized spacial score (nSPS) is 12.1. The van der Waals surface area contributed by atoms with Gasteiger partial charge >= 0.3 is 0 Å². The molecule has 0 aliphatic carbocycles. The minimum Gasteiger partial charge on any atom is -0.359 e. The van der Waals surface area contributed by atoms with Crippen LogP contribution in [0.1, 0.15) is 36.3 Å². The molecule has 1 aromatic carbocycles. The van der Waals surface area contributed by atoms with Crippen LogP contribution in [0.3, 0.4) is 0 Å². The highest BCUT2D eigenvalue weighted by atomic mass is 16.2. The summed E-state index contributed by atoms with van der Waals surface area (Å²) in [5, 5.41) is 2.87. The summed E-state index contributed by atoms with van der Waals surface area (Å²) in [7, 11) is 0. The maximum atomic E-state index is 12.4. The third-order valence-electron chi connectivity index (χ3n) is 3.61. The molecular weight excluding hydrogens is 276 g/mol. The number of amides is 1. The molecule has 116 valence electrons. The summed E-state index contributed by atoms with van der Waals surface area (Å²) >= 11 is 0. The van der Waals surface area contributed by atoms with E-state index in [9.17, 15) is 9.59 Å². The van der Waals surface area contributed by atoms with Crippen LogP contribution in [0.4, 0.5) is 0 Å². The van der Waals surface area contributed by atoms with Crippen molar-refractivity contribution in [2.24, 2.45) is 5.92 Å². The van der Waals surface area contributed by atoms with Gasteiger partial charge in [-0.3, -0.25) is 9.59 Å². The van der Waals surface area contributed by atoms with Gasteiger partial charge < -0.3 is 10.3 Å². The molecule has 0 bridgehead atoms. The fourth-order valence-electron chi connectivity index (χ4n) is 2.33. The Balaban J connectivity index is 1.93. The first-order valence-corrected chi connectivity index (χ1v) is 7.59. The molecule has 0 aliphatic rings. The van der Waals surface area contributed by atoms with Crippen molar-refractivity contribution in [1.29, 1.82) is 0 Å². The van der Waals surface area contributed by atoms with Gasteiger partial charge in [0.15, 0.2) is 0 Å². The number of ketones is 1. The van der Waals surface area contributed by atoms with Crippen molar-refractivity contribution in [1.82, 2.24) is 10.3 Å². The molecule has 1 atom stereocenters. The quantitative estimate of drug-likeness (QED) is 0.772. The number of carbonyl (C=O) groups is 2. The van der Waals surface area contributed by atoms with Gasteiger partial charge in [0.1, 0.15) is 0 Å². The predicted octanol–water partition coefficient (Wildman–Crippen LogP) is 2.97. The zero-order chi connectivity index (χ0) is 15.9. The first kappa shape index (κ1) is 16.0. The molecule has 2 N–H and O–H groups in total. The SMILES string of the molecule is CC(C)[C@H](NC(=O)CCc1ccccc1)C(=O)c1ccc[nH]1. The summed E-state index contributed by atoms with van der Waals surface area (Å²) in [6.07, 6.45) is 2.77. The summed E-state index contributed by atoms with van der Waals surface area (Å²) in [5.41, 5.74) is 1.65. The van der Waals surface area contributed by atoms with E-state index in [1.165, 1.54) is 0 Å². The van der Waals surface area contributed by atoms with Gasteiger partial charge in [-0.25, -0.2) is 0 Å². The van der Waals surface area contributed by atoms with Crippen molar-refractivity contribution in [3.8, 4) is 0 Å². The number of aryl methyl sites for hydroxylation is 1. The van der Waals surface area contributed by atoms with E-state index in [4.69, 9.17) is 0 Å². The third kappa shape index (κ3) is 4.32. The van der Waals surface area contributed by atoms with Gasteiger partial charge in [-0.05, 0) is 30.0 Å². The number of H-pyrrole nitrogens is 1. The van der Waals surface area contributed by atoms with Crippen molar-refractivity contribution in [3.63, 3.8) is 0 Å². The Morgan fingerprint density at radius 1 is 1.09 bits per heavy atom. The molecule has 0 saturated carbocycles. The Morgan fingerprint density at radius 2 is 1.82 bits per heavy atom. The molecule has 0 unspecified atom stereocenters. The Bertz CT molecular complexity index is 603. The molecular formula is C18H22N2O2. The van der Waals surface area contributed by atoms with Crippen molar-refractivity contribution in [3.05, 3.63) is 59.9 Å². The maximum Gasteiger partial charge on any atom is 0.220 e. The van der Waals surface area contributed by atoms with Crippen LogP contribution in [0.5, 0.6) is 0 Å². The van der Waals surface area contributed by atoms with Gasteiger partial charge in [-0.1, -0.05) is 44.2 Å². The largest absolute Gasteiger partial charge is 0.359 e. The number of hydrogen-bond donors (Lipinski definition) is 2. The number of carbonyl (C=O) groups excluding carboxylic acids is 2. The van der Waals surface area contributed by atoms with E-state index in [0.29, 0.717) is 18.5 Å². The van der Waals surface area contributed by atoms with Crippen LogP contribution in [0.25, 0.3) is 0 Å². The molecule has 0 aliphatic heterocycles. The van der Waals surface area contributed by atoms with E-state index in [1.807, 2.05) is 44.2 Å². The molecule has 4 nitrogen and oxygen atoms in total. The molecule has 1 heterocycles. The first-order valence-electron chi connectivity index (χ1n) is 7.59. The number of rotatable bonds is 7. The second-order valence-electron chi connectivity index (χ2n) is 5.72. The van der Waals surface area contributed by atoms with E-state index < -0.39 is 6.04 Å². The van der Waals surface area contributed by atoms with Crippen molar-refractivity contribution in [2.45, 2.75) is 32.7 Å². The molecule has 4 heteroatoms. The Labute approximate surface area is 130 Å². The van der Waals surface area contributed by atoms with Crippen molar-refractivity contribution < 1.29 is 9.59 Å². The number of hydrogen-bond acceptors (Lipinski definition) is 2. The van der Waals surface area contributed by atoms with Gasteiger partial charge in [-0.15, -0.1) is 0 Å². The van der Waals surface area contributed by atoms with E-state index in [-0.39, 0.29) is 17.6 Å². The van der Waals surface area contributed by atoms with Crippen LogP contribution in [-0.2, 0) is 11.2 Å². The molecule has 0 radical (unpaired) electrons. The lowest BCUT2D eigenvalue weighted by Crippen LogP contribution is -2.44. The molecule has 2 rings (SSSR count). The number of aromatic nitrogens is 1. The molecule has 0 spiro atoms. The highest BCUT2D eigenvalue weighted by Crippen LogP contribution is 2.10. The zero-order valence-electron chi connectivity index (χ0n) is 13.0. The third-order valence-corrected chi connectivity index (χ3v) is 3.61. The fraction of sp³-hybridized carbons (Fsp3) is 0.333. The topological polar surface area (TPSA) is 62.0 Å². The van der Waals surface area contributed by atoms with E-state index in [2.05, 4.69) is 10.3 Å². The molecule has 0 fully saturated rings. The Kier molecular flexibility index (Phi) is 5.53. The summed E-state index contributed by atoms with van der Waals surface area (Å²) < 4.78 is 0. The minimum absolute atomic E-state index is 0.0384. The zero-order valence-corrected chi connectivity index (χ0v) is 13.0. The predicted molar refractivity (Wildman–Crippen MR) is 86.7 cm³/mol. The minimum atomic E-state index is -0.498. The number of Topliss-reactive ketones (excluding diaryl/α,β-unsaturated/α-hetero) is 1. The van der Waals surface area contributed by atoms with Crippen LogP contribution in [0.2, 0.25) is 0 Å². The lowest BCUT2D eigenvalue weighted by atomic mass is 9.97. The van der Waals surface area contributed by atoms with E-state index in [1.54, 1.807) is 18.3 Å². The summed E-state index contributed by atoms with van der Waals surface area (Å²) in [6.45, 7) is 3.87. The van der Waals surface area contributed by atoms with Crippen LogP contribution >= 0.6 is 0 Å². The molecule has 0 saturated heterocycles. The van der Waals surface area contributed by atoms with Gasteiger partial charge in [0.25, 0.3) is 0 Å². The average molecular weight is 298 g/mol. The van der Waals surface area contributed by atoms with Gasteiger partial charge in [0.05, 0.1) is 11.7 Å². The highest BCUT2D eigenvalue weighted by molar-refractivity contribution is 6.00. The average Bonchev–Trinajstić information content (AvgIpc) is 3.05. The first-order chi connectivity index (χ1) is 10.6. The lowest BCUT2D eigenvalue weighted by Gasteiger charge is -2.20. The van der Waals surface area contributed by atoms with Gasteiger partial charge in [0, 0.05) is 12.6 Å². The number of nitrogens with one attached hydrogen (secondary N) is 2. The second-order valence-corrected chi connectivity index (χ2v) is 5.72. The van der Waals surface area contributed by atoms with E-state index in [0.717, 1.165) is 5.56 Å².